The zero-order chi connectivity index (χ0) is 7.40. The Morgan fingerprint density at radius 2 is 1.80 bits per heavy atom. The van der Waals surface area contributed by atoms with Crippen molar-refractivity contribution in [2.75, 3.05) is 25.7 Å². The van der Waals surface area contributed by atoms with Crippen LogP contribution in [0.5, 0.6) is 0 Å². The van der Waals surface area contributed by atoms with E-state index in [0.29, 0.717) is 12.0 Å². The van der Waals surface area contributed by atoms with Crippen molar-refractivity contribution >= 4 is 11.6 Å². The molecule has 10 heavy (non-hydrogen) atoms. The summed E-state index contributed by atoms with van der Waals surface area (Å²) in [4.78, 5) is 0. The normalized spacial score (nSPS) is 34.2. The lowest BCUT2D eigenvalue weighted by Crippen LogP contribution is -1.88. The van der Waals surface area contributed by atoms with E-state index < -0.39 is 0 Å². The van der Waals surface area contributed by atoms with Crippen LogP contribution >= 0.6 is 11.6 Å². The number of rotatable bonds is 2. The van der Waals surface area contributed by atoms with Crippen LogP contribution in [0.3, 0.4) is 0 Å². The largest absolute Gasteiger partial charge is 0.394 e. The van der Waals surface area contributed by atoms with Crippen molar-refractivity contribution in [1.29, 1.82) is 0 Å². The number of halogens is 1. The van der Waals surface area contributed by atoms with Crippen molar-refractivity contribution in [3.63, 3.8) is 0 Å². The van der Waals surface area contributed by atoms with Gasteiger partial charge in [0.15, 0.2) is 0 Å². The van der Waals surface area contributed by atoms with E-state index in [1.165, 1.54) is 0 Å². The second-order valence-electron chi connectivity index (χ2n) is 2.25. The van der Waals surface area contributed by atoms with E-state index in [9.17, 15) is 0 Å². The third kappa shape index (κ3) is 4.06. The number of hydrogen-bond donors (Lipinski definition) is 1. The Kier molecular flexibility index (Phi) is 3.42. The van der Waals surface area contributed by atoms with Gasteiger partial charge in [-0.1, -0.05) is 0 Å². The van der Waals surface area contributed by atoms with E-state index in [1.807, 2.05) is 0 Å². The highest BCUT2D eigenvalue weighted by Gasteiger charge is 2.20. The van der Waals surface area contributed by atoms with Crippen molar-refractivity contribution in [2.24, 2.45) is 0 Å². The van der Waals surface area contributed by atoms with Crippen LogP contribution in [0.1, 0.15) is 0 Å². The third-order valence-corrected chi connectivity index (χ3v) is 1.52. The lowest BCUT2D eigenvalue weighted by molar-refractivity contribution is 0.244. The standard InChI is InChI=1S/C3H5ClO.C3H6O2/c2*4-1-3-2-5-3/h3H,1-2H2;3-4H,1-2H2. The van der Waals surface area contributed by atoms with Crippen LogP contribution in [0.25, 0.3) is 0 Å². The maximum absolute atomic E-state index is 8.08. The second kappa shape index (κ2) is 4.13. The molecule has 0 aromatic rings. The van der Waals surface area contributed by atoms with E-state index in [-0.39, 0.29) is 12.7 Å². The number of hydrogen-bond acceptors (Lipinski definition) is 3. The van der Waals surface area contributed by atoms with E-state index in [2.05, 4.69) is 4.74 Å². The molecular weight excluding hydrogens is 156 g/mol. The first-order valence-corrected chi connectivity index (χ1v) is 3.80. The van der Waals surface area contributed by atoms with E-state index >= 15 is 0 Å². The fraction of sp³-hybridized carbons (Fsp3) is 1.00. The third-order valence-electron chi connectivity index (χ3n) is 1.18. The smallest absolute Gasteiger partial charge is 0.104 e. The van der Waals surface area contributed by atoms with Gasteiger partial charge in [-0.05, 0) is 0 Å². The minimum atomic E-state index is 0.190. The van der Waals surface area contributed by atoms with E-state index in [1.54, 1.807) is 0 Å². The first-order chi connectivity index (χ1) is 4.86. The summed E-state index contributed by atoms with van der Waals surface area (Å²) in [5.41, 5.74) is 0. The van der Waals surface area contributed by atoms with Crippen LogP contribution in [0, 0.1) is 0 Å². The van der Waals surface area contributed by atoms with Crippen molar-refractivity contribution in [3.05, 3.63) is 0 Å². The molecule has 0 saturated carbocycles. The molecule has 60 valence electrons. The molecule has 0 aliphatic carbocycles. The molecule has 2 fully saturated rings. The van der Waals surface area contributed by atoms with E-state index in [0.717, 1.165) is 13.2 Å². The van der Waals surface area contributed by atoms with Crippen LogP contribution in [0.15, 0.2) is 0 Å². The maximum Gasteiger partial charge on any atom is 0.104 e. The molecule has 0 amide bonds. The molecule has 2 rings (SSSR count). The Labute approximate surface area is 64.9 Å². The molecular formula is C6H11ClO3. The highest BCUT2D eigenvalue weighted by atomic mass is 35.5. The zero-order valence-corrected chi connectivity index (χ0v) is 6.38. The summed E-state index contributed by atoms with van der Waals surface area (Å²) in [5, 5.41) is 8.08. The van der Waals surface area contributed by atoms with Gasteiger partial charge >= 0.3 is 0 Å². The number of ether oxygens (including phenoxy) is 2. The summed E-state index contributed by atoms with van der Waals surface area (Å²) < 4.78 is 9.33. The lowest BCUT2D eigenvalue weighted by atomic mass is 10.5. The molecule has 2 aliphatic rings. The number of aliphatic hydroxyl groups excluding tert-OH is 1. The van der Waals surface area contributed by atoms with Gasteiger partial charge in [-0.3, -0.25) is 0 Å². The van der Waals surface area contributed by atoms with Gasteiger partial charge in [0, 0.05) is 0 Å². The Balaban J connectivity index is 0.0000001000. The van der Waals surface area contributed by atoms with Crippen LogP contribution in [0.4, 0.5) is 0 Å². The molecule has 4 heteroatoms. The number of epoxide rings is 2. The predicted octanol–water partition coefficient (Wildman–Crippen LogP) is 0.00150. The van der Waals surface area contributed by atoms with Crippen LogP contribution in [-0.2, 0) is 9.47 Å². The van der Waals surface area contributed by atoms with Crippen LogP contribution in [-0.4, -0.2) is 43.0 Å². The molecule has 3 nitrogen and oxygen atoms in total. The molecule has 2 unspecified atom stereocenters. The van der Waals surface area contributed by atoms with Gasteiger partial charge in [-0.2, -0.15) is 0 Å². The van der Waals surface area contributed by atoms with Crippen LogP contribution in [0.2, 0.25) is 0 Å². The highest BCUT2D eigenvalue weighted by Crippen LogP contribution is 2.08. The molecule has 2 heterocycles. The fourth-order valence-corrected chi connectivity index (χ4v) is 0.509. The quantitative estimate of drug-likeness (QED) is 0.464. The van der Waals surface area contributed by atoms with E-state index in [4.69, 9.17) is 21.4 Å². The van der Waals surface area contributed by atoms with Gasteiger partial charge in [0.1, 0.15) is 6.10 Å². The topological polar surface area (TPSA) is 45.3 Å². The van der Waals surface area contributed by atoms with Gasteiger partial charge in [-0.25, -0.2) is 0 Å². The summed E-state index contributed by atoms with van der Waals surface area (Å²) in [7, 11) is 0. The minimum absolute atomic E-state index is 0.190. The van der Waals surface area contributed by atoms with Gasteiger partial charge in [0.05, 0.1) is 31.8 Å². The molecule has 0 aromatic heterocycles. The number of aliphatic hydroxyl groups is 1. The summed E-state index contributed by atoms with van der Waals surface area (Å²) in [6.07, 6.45) is 0.590. The minimum Gasteiger partial charge on any atom is -0.394 e. The fourth-order valence-electron chi connectivity index (χ4n) is 0.331. The first kappa shape index (κ1) is 8.27. The van der Waals surface area contributed by atoms with Crippen LogP contribution < -0.4 is 0 Å². The molecule has 1 N–H and O–H groups in total. The molecule has 0 spiro atoms. The summed E-state index contributed by atoms with van der Waals surface area (Å²) in [5.74, 6) is 0.667. The monoisotopic (exact) mass is 166 g/mol. The van der Waals surface area contributed by atoms with Gasteiger partial charge in [0.25, 0.3) is 0 Å². The van der Waals surface area contributed by atoms with Gasteiger partial charge < -0.3 is 14.6 Å². The van der Waals surface area contributed by atoms with Gasteiger partial charge in [-0.15, -0.1) is 11.6 Å². The molecule has 2 aliphatic heterocycles. The van der Waals surface area contributed by atoms with Crippen molar-refractivity contribution < 1.29 is 14.6 Å². The summed E-state index contributed by atoms with van der Waals surface area (Å²) >= 11 is 5.27. The zero-order valence-electron chi connectivity index (χ0n) is 5.62. The molecule has 2 saturated heterocycles. The molecule has 2 atom stereocenters. The lowest BCUT2D eigenvalue weighted by Gasteiger charge is -1.70. The first-order valence-electron chi connectivity index (χ1n) is 3.27. The van der Waals surface area contributed by atoms with Crippen molar-refractivity contribution in [2.45, 2.75) is 12.2 Å². The molecule has 0 aromatic carbocycles. The predicted molar refractivity (Wildman–Crippen MR) is 37.3 cm³/mol. The Bertz CT molecular complexity index is 79.0. The Morgan fingerprint density at radius 3 is 1.80 bits per heavy atom. The Morgan fingerprint density at radius 1 is 1.30 bits per heavy atom. The summed E-state index contributed by atoms with van der Waals surface area (Å²) in [6.45, 7) is 1.83. The van der Waals surface area contributed by atoms with Crippen molar-refractivity contribution in [3.8, 4) is 0 Å². The second-order valence-corrected chi connectivity index (χ2v) is 2.56. The average molecular weight is 167 g/mol. The number of alkyl halides is 1. The average Bonchev–Trinajstić information content (AvgIpc) is 2.86. The summed E-state index contributed by atoms with van der Waals surface area (Å²) in [6, 6.07) is 0. The molecule has 0 bridgehead atoms. The molecule has 0 radical (unpaired) electrons. The highest BCUT2D eigenvalue weighted by molar-refractivity contribution is 6.18. The SMILES string of the molecule is ClCC1CO1.OCC1CO1. The maximum atomic E-state index is 8.08. The van der Waals surface area contributed by atoms with Crippen molar-refractivity contribution in [1.82, 2.24) is 0 Å². The van der Waals surface area contributed by atoms with Gasteiger partial charge in [0.2, 0.25) is 0 Å². The Hall–Kier alpha value is 0.170.